The molecule has 0 aliphatic carbocycles. The van der Waals surface area contributed by atoms with E-state index in [-0.39, 0.29) is 17.8 Å². The van der Waals surface area contributed by atoms with Gasteiger partial charge in [0, 0.05) is 48.1 Å². The number of halogens is 2. The van der Waals surface area contributed by atoms with E-state index in [0.717, 1.165) is 61.0 Å². The predicted octanol–water partition coefficient (Wildman–Crippen LogP) is 6.31. The summed E-state index contributed by atoms with van der Waals surface area (Å²) in [6.45, 7) is 10.3. The van der Waals surface area contributed by atoms with Gasteiger partial charge in [0.15, 0.2) is 5.79 Å². The zero-order chi connectivity index (χ0) is 30.8. The van der Waals surface area contributed by atoms with Crippen molar-refractivity contribution >= 4 is 34.6 Å². The van der Waals surface area contributed by atoms with E-state index in [9.17, 15) is 4.79 Å². The van der Waals surface area contributed by atoms with Crippen LogP contribution in [0.3, 0.4) is 0 Å². The van der Waals surface area contributed by atoms with Gasteiger partial charge in [-0.15, -0.1) is 0 Å². The predicted molar refractivity (Wildman–Crippen MR) is 174 cm³/mol. The molecule has 3 aromatic carbocycles. The Morgan fingerprint density at radius 3 is 2.18 bits per heavy atom. The molecule has 3 heterocycles. The van der Waals surface area contributed by atoms with Gasteiger partial charge in [-0.1, -0.05) is 36.2 Å². The van der Waals surface area contributed by atoms with E-state index in [2.05, 4.69) is 39.2 Å². The van der Waals surface area contributed by atoms with Crippen LogP contribution in [-0.4, -0.2) is 59.8 Å². The largest absolute Gasteiger partial charge is 0.491 e. The van der Waals surface area contributed by atoms with Gasteiger partial charge < -0.3 is 24.0 Å². The van der Waals surface area contributed by atoms with Gasteiger partial charge in [-0.05, 0) is 80.9 Å². The molecule has 44 heavy (non-hydrogen) atoms. The normalized spacial score (nSPS) is 21.1. The van der Waals surface area contributed by atoms with Crippen molar-refractivity contribution in [2.75, 3.05) is 49.2 Å². The van der Waals surface area contributed by atoms with Crippen LogP contribution >= 0.6 is 23.2 Å². The van der Waals surface area contributed by atoms with Crippen molar-refractivity contribution in [3.05, 3.63) is 99.2 Å². The lowest BCUT2D eigenvalue weighted by molar-refractivity contribution is -0.164. The quantitative estimate of drug-likeness (QED) is 0.213. The van der Waals surface area contributed by atoms with E-state index in [4.69, 9.17) is 37.4 Å². The highest BCUT2D eigenvalue weighted by Gasteiger charge is 2.40. The van der Waals surface area contributed by atoms with Crippen LogP contribution in [0.4, 0.5) is 11.4 Å². The summed E-state index contributed by atoms with van der Waals surface area (Å²) in [7, 11) is 0. The van der Waals surface area contributed by atoms with Crippen molar-refractivity contribution in [2.45, 2.75) is 45.1 Å². The van der Waals surface area contributed by atoms with E-state index < -0.39 is 5.79 Å². The summed E-state index contributed by atoms with van der Waals surface area (Å²) in [5, 5.41) is 5.37. The summed E-state index contributed by atoms with van der Waals surface area (Å²) >= 11 is 12.4. The molecule has 2 fully saturated rings. The van der Waals surface area contributed by atoms with Crippen molar-refractivity contribution in [1.82, 2.24) is 14.3 Å². The molecule has 0 saturated carbocycles. The monoisotopic (exact) mass is 637 g/mol. The summed E-state index contributed by atoms with van der Waals surface area (Å²) in [5.74, 6) is -0.163. The lowest BCUT2D eigenvalue weighted by Crippen LogP contribution is -2.46. The molecule has 0 bridgehead atoms. The minimum absolute atomic E-state index is 0.0725. The van der Waals surface area contributed by atoms with Crippen LogP contribution in [0.25, 0.3) is 5.69 Å². The molecular formula is C33H37Cl2N5O4. The molecule has 232 valence electrons. The maximum atomic E-state index is 12.8. The van der Waals surface area contributed by atoms with Crippen molar-refractivity contribution in [3.63, 3.8) is 0 Å². The zero-order valence-electron chi connectivity index (χ0n) is 25.2. The third-order valence-corrected chi connectivity index (χ3v) is 9.02. The summed E-state index contributed by atoms with van der Waals surface area (Å²) in [6.07, 6.45) is 2.23. The molecule has 0 N–H and O–H groups in total. The maximum absolute atomic E-state index is 12.8. The molecule has 0 spiro atoms. The summed E-state index contributed by atoms with van der Waals surface area (Å²) in [4.78, 5) is 17.5. The second kappa shape index (κ2) is 12.9. The second-order valence-electron chi connectivity index (χ2n) is 11.4. The number of ether oxygens (including phenoxy) is 3. The number of aromatic nitrogens is 3. The number of hydrogen-bond donors (Lipinski definition) is 0. The van der Waals surface area contributed by atoms with Gasteiger partial charge in [0.25, 0.3) is 0 Å². The average molecular weight is 639 g/mol. The minimum atomic E-state index is -0.944. The fraction of sp³-hybridized carbons (Fsp3) is 0.394. The second-order valence-corrected chi connectivity index (χ2v) is 12.2. The van der Waals surface area contributed by atoms with E-state index in [1.54, 1.807) is 27.7 Å². The maximum Gasteiger partial charge on any atom is 0.350 e. The van der Waals surface area contributed by atoms with Gasteiger partial charge in [0.05, 0.1) is 23.4 Å². The van der Waals surface area contributed by atoms with Gasteiger partial charge in [-0.3, -0.25) is 0 Å². The SMILES string of the molecule is CCC(C)n1ncn(-c2ccc(N3CCN(c4ccc(OC[C@@H]5CO[C@@](C)(c6ccc(Cl)cc6Cl)O5)cc4)CC3)cc2)c1=O. The molecule has 0 radical (unpaired) electrons. The molecule has 1 aromatic heterocycles. The molecular weight excluding hydrogens is 601 g/mol. The number of anilines is 2. The molecule has 4 aromatic rings. The summed E-state index contributed by atoms with van der Waals surface area (Å²) in [5.41, 5.74) is 3.76. The van der Waals surface area contributed by atoms with Gasteiger partial charge >= 0.3 is 5.69 Å². The highest BCUT2D eigenvalue weighted by atomic mass is 35.5. The third-order valence-electron chi connectivity index (χ3n) is 8.47. The van der Waals surface area contributed by atoms with Gasteiger partial charge in [-0.25, -0.2) is 14.0 Å². The standard InChI is InChI=1S/C33H37Cl2N5O4/c1-4-23(2)40-32(41)39(22-36-40)27-8-6-25(7-9-27)37-15-17-38(18-16-37)26-10-12-28(13-11-26)42-20-29-21-43-33(3,44-29)30-14-5-24(34)19-31(30)35/h5-14,19,22-23,29H,4,15-18,20-21H2,1-3H3/t23?,29-,33-/m1/s1. The molecule has 0 amide bonds. The minimum Gasteiger partial charge on any atom is -0.491 e. The molecule has 6 rings (SSSR count). The Bertz CT molecular complexity index is 1630. The Morgan fingerprint density at radius 1 is 0.955 bits per heavy atom. The Balaban J connectivity index is 0.991. The number of hydrogen-bond acceptors (Lipinski definition) is 7. The van der Waals surface area contributed by atoms with Crippen molar-refractivity contribution in [1.29, 1.82) is 0 Å². The molecule has 3 atom stereocenters. The molecule has 11 heteroatoms. The first-order valence-corrected chi connectivity index (χ1v) is 15.8. The first-order chi connectivity index (χ1) is 21.2. The van der Waals surface area contributed by atoms with E-state index in [0.29, 0.717) is 23.3 Å². The van der Waals surface area contributed by atoms with Crippen molar-refractivity contribution in [2.24, 2.45) is 0 Å². The van der Waals surface area contributed by atoms with Crippen LogP contribution < -0.4 is 20.2 Å². The third kappa shape index (κ3) is 6.33. The van der Waals surface area contributed by atoms with Gasteiger partial charge in [0.1, 0.15) is 24.8 Å². The molecule has 2 saturated heterocycles. The Hall–Kier alpha value is -3.50. The van der Waals surface area contributed by atoms with Crippen LogP contribution in [0.5, 0.6) is 5.75 Å². The fourth-order valence-electron chi connectivity index (χ4n) is 5.68. The molecule has 9 nitrogen and oxygen atoms in total. The van der Waals surface area contributed by atoms with Gasteiger partial charge in [0.2, 0.25) is 0 Å². The molecule has 2 aliphatic rings. The van der Waals surface area contributed by atoms with Crippen molar-refractivity contribution in [3.8, 4) is 11.4 Å². The number of benzene rings is 3. The van der Waals surface area contributed by atoms with Crippen LogP contribution in [0.15, 0.2) is 77.9 Å². The van der Waals surface area contributed by atoms with Crippen LogP contribution in [-0.2, 0) is 15.3 Å². The van der Waals surface area contributed by atoms with Crippen LogP contribution in [0.2, 0.25) is 10.0 Å². The highest BCUT2D eigenvalue weighted by Crippen LogP contribution is 2.38. The van der Waals surface area contributed by atoms with E-state index >= 15 is 0 Å². The topological polar surface area (TPSA) is 74.0 Å². The first-order valence-electron chi connectivity index (χ1n) is 15.0. The fourth-order valence-corrected chi connectivity index (χ4v) is 6.26. The summed E-state index contributed by atoms with van der Waals surface area (Å²) in [6, 6.07) is 21.7. The van der Waals surface area contributed by atoms with Gasteiger partial charge in [-0.2, -0.15) is 5.10 Å². The van der Waals surface area contributed by atoms with E-state index in [1.165, 1.54) is 0 Å². The van der Waals surface area contributed by atoms with Crippen LogP contribution in [0.1, 0.15) is 38.8 Å². The lowest BCUT2D eigenvalue weighted by atomic mass is 10.1. The first kappa shape index (κ1) is 30.5. The van der Waals surface area contributed by atoms with Crippen molar-refractivity contribution < 1.29 is 14.2 Å². The lowest BCUT2D eigenvalue weighted by Gasteiger charge is -2.37. The Morgan fingerprint density at radius 2 is 1.57 bits per heavy atom. The zero-order valence-corrected chi connectivity index (χ0v) is 26.7. The van der Waals surface area contributed by atoms with E-state index in [1.807, 2.05) is 51.1 Å². The summed E-state index contributed by atoms with van der Waals surface area (Å²) < 4.78 is 21.3. The average Bonchev–Trinajstić information content (AvgIpc) is 3.62. The molecule has 1 unspecified atom stereocenters. The molecule has 2 aliphatic heterocycles. The highest BCUT2D eigenvalue weighted by molar-refractivity contribution is 6.35. The number of piperazine rings is 1. The number of rotatable bonds is 9. The number of nitrogens with zero attached hydrogens (tertiary/aromatic N) is 5. The Kier molecular flexibility index (Phi) is 8.91. The smallest absolute Gasteiger partial charge is 0.350 e. The Labute approximate surface area is 267 Å². The van der Waals surface area contributed by atoms with Crippen LogP contribution in [0, 0.1) is 0 Å².